The largest absolute Gasteiger partial charge is 0.357 e. The van der Waals surface area contributed by atoms with Crippen LogP contribution in [0.4, 0.5) is 5.69 Å². The van der Waals surface area contributed by atoms with E-state index in [0.29, 0.717) is 24.7 Å². The number of hydrogen-bond acceptors (Lipinski definition) is 3. The van der Waals surface area contributed by atoms with Crippen LogP contribution in [-0.4, -0.2) is 36.5 Å². The highest BCUT2D eigenvalue weighted by Crippen LogP contribution is 2.10. The Kier molecular flexibility index (Phi) is 7.72. The molecule has 25 heavy (non-hydrogen) atoms. The number of guanidine groups is 1. The van der Waals surface area contributed by atoms with Crippen LogP contribution in [0, 0.1) is 0 Å². The van der Waals surface area contributed by atoms with Gasteiger partial charge in [0, 0.05) is 24.3 Å². The number of hydrogen-bond donors (Lipinski definition) is 3. The van der Waals surface area contributed by atoms with Gasteiger partial charge in [-0.25, -0.2) is 4.99 Å². The molecular formula is C18H22ClN5O. The summed E-state index contributed by atoms with van der Waals surface area (Å²) in [6, 6.07) is 11.3. The Morgan fingerprint density at radius 1 is 1.24 bits per heavy atom. The first-order valence-electron chi connectivity index (χ1n) is 8.14. The summed E-state index contributed by atoms with van der Waals surface area (Å²) in [5.41, 5.74) is 1.80. The van der Waals surface area contributed by atoms with Gasteiger partial charge in [0.2, 0.25) is 5.91 Å². The third-order valence-electron chi connectivity index (χ3n) is 3.27. The molecule has 0 bridgehead atoms. The molecule has 0 radical (unpaired) electrons. The maximum atomic E-state index is 11.9. The van der Waals surface area contributed by atoms with E-state index in [1.54, 1.807) is 24.5 Å². The predicted molar refractivity (Wildman–Crippen MR) is 102 cm³/mol. The normalized spacial score (nSPS) is 11.0. The monoisotopic (exact) mass is 359 g/mol. The zero-order valence-corrected chi connectivity index (χ0v) is 14.9. The second-order valence-corrected chi connectivity index (χ2v) is 5.73. The van der Waals surface area contributed by atoms with Gasteiger partial charge in [-0.05, 0) is 43.2 Å². The van der Waals surface area contributed by atoms with Crippen molar-refractivity contribution < 1.29 is 4.79 Å². The molecule has 0 aliphatic heterocycles. The Bertz CT molecular complexity index is 706. The van der Waals surface area contributed by atoms with Crippen LogP contribution in [0.3, 0.4) is 0 Å². The standard InChI is InChI=1S/C18H22ClN5O/c1-2-21-18(22-10-8-14-5-3-6-15(19)11-14)23-13-17(25)24-16-7-4-9-20-12-16/h3-7,9,11-12H,2,8,10,13H2,1H3,(H,24,25)(H2,21,22,23). The number of aromatic nitrogens is 1. The maximum absolute atomic E-state index is 11.9. The van der Waals surface area contributed by atoms with E-state index < -0.39 is 0 Å². The first-order valence-corrected chi connectivity index (χ1v) is 8.51. The lowest BCUT2D eigenvalue weighted by atomic mass is 10.1. The van der Waals surface area contributed by atoms with E-state index in [-0.39, 0.29) is 12.5 Å². The zero-order valence-electron chi connectivity index (χ0n) is 14.1. The summed E-state index contributed by atoms with van der Waals surface area (Å²) >= 11 is 5.98. The fraction of sp³-hybridized carbons (Fsp3) is 0.278. The number of nitrogens with one attached hydrogen (secondary N) is 3. The maximum Gasteiger partial charge on any atom is 0.246 e. The second-order valence-electron chi connectivity index (χ2n) is 5.29. The van der Waals surface area contributed by atoms with Crippen LogP contribution in [0.2, 0.25) is 5.02 Å². The van der Waals surface area contributed by atoms with Gasteiger partial charge in [0.1, 0.15) is 6.54 Å². The number of benzene rings is 1. The quantitative estimate of drug-likeness (QED) is 0.524. The summed E-state index contributed by atoms with van der Waals surface area (Å²) in [4.78, 5) is 20.2. The van der Waals surface area contributed by atoms with E-state index >= 15 is 0 Å². The molecule has 2 aromatic rings. The number of carbonyl (C=O) groups is 1. The van der Waals surface area contributed by atoms with E-state index in [2.05, 4.69) is 25.9 Å². The van der Waals surface area contributed by atoms with Crippen molar-refractivity contribution >= 4 is 29.2 Å². The van der Waals surface area contributed by atoms with E-state index in [0.717, 1.165) is 17.0 Å². The Morgan fingerprint density at radius 2 is 2.12 bits per heavy atom. The van der Waals surface area contributed by atoms with Crippen molar-refractivity contribution in [2.24, 2.45) is 4.99 Å². The van der Waals surface area contributed by atoms with Gasteiger partial charge in [-0.15, -0.1) is 0 Å². The lowest BCUT2D eigenvalue weighted by Gasteiger charge is -2.11. The number of amides is 1. The van der Waals surface area contributed by atoms with Gasteiger partial charge >= 0.3 is 0 Å². The van der Waals surface area contributed by atoms with Gasteiger partial charge in [-0.1, -0.05) is 23.7 Å². The minimum atomic E-state index is -0.194. The molecule has 2 rings (SSSR count). The number of nitrogens with zero attached hydrogens (tertiary/aromatic N) is 2. The number of rotatable bonds is 7. The molecule has 0 aliphatic rings. The van der Waals surface area contributed by atoms with Crippen LogP contribution in [0.25, 0.3) is 0 Å². The van der Waals surface area contributed by atoms with Crippen LogP contribution < -0.4 is 16.0 Å². The molecule has 0 saturated carbocycles. The van der Waals surface area contributed by atoms with E-state index in [1.807, 2.05) is 31.2 Å². The molecule has 1 amide bonds. The van der Waals surface area contributed by atoms with Crippen LogP contribution in [0.5, 0.6) is 0 Å². The summed E-state index contributed by atoms with van der Waals surface area (Å²) in [6.07, 6.45) is 4.06. The topological polar surface area (TPSA) is 78.4 Å². The summed E-state index contributed by atoms with van der Waals surface area (Å²) in [6.45, 7) is 3.41. The van der Waals surface area contributed by atoms with Crippen molar-refractivity contribution in [2.75, 3.05) is 25.0 Å². The summed E-state index contributed by atoms with van der Waals surface area (Å²) < 4.78 is 0. The summed E-state index contributed by atoms with van der Waals surface area (Å²) in [7, 11) is 0. The van der Waals surface area contributed by atoms with Crippen LogP contribution in [0.15, 0.2) is 53.8 Å². The average molecular weight is 360 g/mol. The fourth-order valence-corrected chi connectivity index (χ4v) is 2.36. The predicted octanol–water partition coefficient (Wildman–Crippen LogP) is 2.47. The molecular weight excluding hydrogens is 338 g/mol. The number of carbonyl (C=O) groups excluding carboxylic acids is 1. The van der Waals surface area contributed by atoms with E-state index in [9.17, 15) is 4.79 Å². The van der Waals surface area contributed by atoms with Crippen LogP contribution >= 0.6 is 11.6 Å². The SMILES string of the molecule is CCNC(=NCC(=O)Nc1cccnc1)NCCc1cccc(Cl)c1. The van der Waals surface area contributed by atoms with Crippen molar-refractivity contribution in [3.63, 3.8) is 0 Å². The smallest absolute Gasteiger partial charge is 0.246 e. The molecule has 0 aliphatic carbocycles. The number of anilines is 1. The molecule has 0 fully saturated rings. The van der Waals surface area contributed by atoms with Gasteiger partial charge in [0.05, 0.1) is 11.9 Å². The van der Waals surface area contributed by atoms with Gasteiger partial charge in [-0.2, -0.15) is 0 Å². The molecule has 0 saturated heterocycles. The van der Waals surface area contributed by atoms with Gasteiger partial charge in [-0.3, -0.25) is 9.78 Å². The van der Waals surface area contributed by atoms with E-state index in [4.69, 9.17) is 11.6 Å². The van der Waals surface area contributed by atoms with Crippen LogP contribution in [-0.2, 0) is 11.2 Å². The zero-order chi connectivity index (χ0) is 17.9. The molecule has 132 valence electrons. The molecule has 7 heteroatoms. The fourth-order valence-electron chi connectivity index (χ4n) is 2.15. The Balaban J connectivity index is 1.82. The van der Waals surface area contributed by atoms with Crippen LogP contribution in [0.1, 0.15) is 12.5 Å². The Labute approximate surface area is 152 Å². The molecule has 3 N–H and O–H groups in total. The van der Waals surface area contributed by atoms with Crippen molar-refractivity contribution in [3.8, 4) is 0 Å². The molecule has 1 heterocycles. The molecule has 6 nitrogen and oxygen atoms in total. The lowest BCUT2D eigenvalue weighted by molar-refractivity contribution is -0.114. The molecule has 0 spiro atoms. The summed E-state index contributed by atoms with van der Waals surface area (Å²) in [5, 5.41) is 9.81. The van der Waals surface area contributed by atoms with Crippen molar-refractivity contribution in [2.45, 2.75) is 13.3 Å². The van der Waals surface area contributed by atoms with Gasteiger partial charge < -0.3 is 16.0 Å². The Morgan fingerprint density at radius 3 is 2.84 bits per heavy atom. The highest BCUT2D eigenvalue weighted by atomic mass is 35.5. The minimum absolute atomic E-state index is 0.0292. The van der Waals surface area contributed by atoms with Gasteiger partial charge in [0.15, 0.2) is 5.96 Å². The first kappa shape index (κ1) is 18.7. The van der Waals surface area contributed by atoms with Crippen molar-refractivity contribution in [3.05, 3.63) is 59.4 Å². The molecule has 1 aromatic heterocycles. The van der Waals surface area contributed by atoms with Crippen molar-refractivity contribution in [1.82, 2.24) is 15.6 Å². The highest BCUT2D eigenvalue weighted by Gasteiger charge is 2.03. The first-order chi connectivity index (χ1) is 12.2. The molecule has 1 aromatic carbocycles. The Hall–Kier alpha value is -2.60. The number of halogens is 1. The van der Waals surface area contributed by atoms with Gasteiger partial charge in [0.25, 0.3) is 0 Å². The third-order valence-corrected chi connectivity index (χ3v) is 3.50. The molecule has 0 atom stereocenters. The average Bonchev–Trinajstić information content (AvgIpc) is 2.60. The third kappa shape index (κ3) is 7.22. The minimum Gasteiger partial charge on any atom is -0.357 e. The highest BCUT2D eigenvalue weighted by molar-refractivity contribution is 6.30. The van der Waals surface area contributed by atoms with E-state index in [1.165, 1.54) is 0 Å². The number of pyridine rings is 1. The summed E-state index contributed by atoms with van der Waals surface area (Å²) in [5.74, 6) is 0.408. The second kappa shape index (κ2) is 10.3. The lowest BCUT2D eigenvalue weighted by Crippen LogP contribution is -2.39. The van der Waals surface area contributed by atoms with Crippen molar-refractivity contribution in [1.29, 1.82) is 0 Å². The molecule has 0 unspecified atom stereocenters. The number of aliphatic imine (C=N–C) groups is 1.